The molecule has 0 fully saturated rings. The van der Waals surface area contributed by atoms with Gasteiger partial charge in [-0.15, -0.1) is 0 Å². The highest BCUT2D eigenvalue weighted by atomic mass is 19.1. The Bertz CT molecular complexity index is 2000. The topological polar surface area (TPSA) is 115 Å². The number of carboxylic acids is 1. The fraction of sp³-hybridized carbons (Fsp3) is 0.297. The summed E-state index contributed by atoms with van der Waals surface area (Å²) in [5.41, 5.74) is 5.33. The van der Waals surface area contributed by atoms with Crippen LogP contribution in [0.3, 0.4) is 0 Å². The van der Waals surface area contributed by atoms with Gasteiger partial charge in [0.15, 0.2) is 29.0 Å². The second-order valence-electron chi connectivity index (χ2n) is 12.7. The van der Waals surface area contributed by atoms with Crippen LogP contribution in [0.2, 0.25) is 0 Å². The summed E-state index contributed by atoms with van der Waals surface area (Å²) in [5, 5.41) is 18.0. The van der Waals surface area contributed by atoms with Crippen molar-refractivity contribution < 1.29 is 28.6 Å². The highest BCUT2D eigenvalue weighted by Gasteiger charge is 2.35. The van der Waals surface area contributed by atoms with Crippen molar-refractivity contribution >= 4 is 17.5 Å². The number of hydrogen-bond acceptors (Lipinski definition) is 6. The van der Waals surface area contributed by atoms with Crippen molar-refractivity contribution in [3.8, 4) is 28.1 Å². The summed E-state index contributed by atoms with van der Waals surface area (Å²) in [7, 11) is 0. The number of hydrogen-bond donors (Lipinski definition) is 2. The number of benzene rings is 3. The van der Waals surface area contributed by atoms with Crippen LogP contribution in [0.5, 0.6) is 5.75 Å². The molecule has 1 aliphatic rings. The molecule has 0 unspecified atom stereocenters. The van der Waals surface area contributed by atoms with Gasteiger partial charge in [0, 0.05) is 35.0 Å². The predicted octanol–water partition coefficient (Wildman–Crippen LogP) is 7.02. The molecule has 5 aromatic rings. The van der Waals surface area contributed by atoms with Crippen molar-refractivity contribution in [3.63, 3.8) is 0 Å². The number of aliphatic carboxylic acids is 1. The van der Waals surface area contributed by atoms with Crippen molar-refractivity contribution in [3.05, 3.63) is 106 Å². The molecular weight excluding hydrogens is 599 g/mol. The molecule has 47 heavy (non-hydrogen) atoms. The fourth-order valence-electron chi connectivity index (χ4n) is 6.07. The van der Waals surface area contributed by atoms with Crippen LogP contribution in [0.15, 0.2) is 66.7 Å². The average Bonchev–Trinajstić information content (AvgIpc) is 3.47. The largest absolute Gasteiger partial charge is 0.490 e. The van der Waals surface area contributed by atoms with Gasteiger partial charge in [-0.05, 0) is 81.8 Å². The van der Waals surface area contributed by atoms with Crippen molar-refractivity contribution in [1.29, 1.82) is 0 Å². The standard InChI is InChI=1S/C37H37FN4O5/c1-21-26-15-10-16-46-33(26)28(38)18-27(21)32-31(34(36(44)45)47-37(3,4)5)22(2)40-30-19-29(41-42(30)32)35(43)39-20-23-11-9-14-25(17-23)24-12-7-6-8-13-24/h6-9,11-14,17-19,34H,10,15-16,20H2,1-5H3,(H,39,43)(H,44,45)/t34-/m0/s1. The maximum atomic E-state index is 15.6. The van der Waals surface area contributed by atoms with E-state index in [9.17, 15) is 14.7 Å². The molecule has 9 nitrogen and oxygen atoms in total. The maximum absolute atomic E-state index is 15.6. The Balaban J connectivity index is 1.44. The molecule has 3 aromatic carbocycles. The van der Waals surface area contributed by atoms with Gasteiger partial charge in [-0.3, -0.25) is 4.79 Å². The van der Waals surface area contributed by atoms with Gasteiger partial charge < -0.3 is 19.9 Å². The van der Waals surface area contributed by atoms with E-state index in [1.54, 1.807) is 33.8 Å². The molecule has 0 saturated heterocycles. The van der Waals surface area contributed by atoms with Crippen LogP contribution in [0.4, 0.5) is 4.39 Å². The quantitative estimate of drug-likeness (QED) is 0.188. The van der Waals surface area contributed by atoms with E-state index < -0.39 is 29.4 Å². The van der Waals surface area contributed by atoms with Gasteiger partial charge in [0.2, 0.25) is 0 Å². The molecule has 3 heterocycles. The predicted molar refractivity (Wildman–Crippen MR) is 176 cm³/mol. The van der Waals surface area contributed by atoms with E-state index in [0.29, 0.717) is 41.2 Å². The molecule has 0 spiro atoms. The van der Waals surface area contributed by atoms with Crippen LogP contribution in [-0.2, 0) is 22.5 Å². The summed E-state index contributed by atoms with van der Waals surface area (Å²) in [6.45, 7) is 9.49. The Morgan fingerprint density at radius 3 is 2.53 bits per heavy atom. The van der Waals surface area contributed by atoms with Crippen LogP contribution in [0, 0.1) is 19.7 Å². The lowest BCUT2D eigenvalue weighted by Crippen LogP contribution is -2.29. The number of amides is 1. The highest BCUT2D eigenvalue weighted by Crippen LogP contribution is 2.41. The number of aromatic nitrogens is 3. The first-order chi connectivity index (χ1) is 22.4. The van der Waals surface area contributed by atoms with Crippen molar-refractivity contribution in [2.75, 3.05) is 6.61 Å². The lowest BCUT2D eigenvalue weighted by atomic mass is 9.91. The molecule has 2 N–H and O–H groups in total. The van der Waals surface area contributed by atoms with Gasteiger partial charge in [-0.25, -0.2) is 18.7 Å². The zero-order valence-corrected chi connectivity index (χ0v) is 27.1. The van der Waals surface area contributed by atoms with E-state index in [1.165, 1.54) is 10.6 Å². The summed E-state index contributed by atoms with van der Waals surface area (Å²) in [6, 6.07) is 20.8. The lowest BCUT2D eigenvalue weighted by Gasteiger charge is -2.28. The normalized spacial score (nSPS) is 13.6. The van der Waals surface area contributed by atoms with E-state index in [-0.39, 0.29) is 23.6 Å². The number of carbonyl (C=O) groups is 2. The first-order valence-electron chi connectivity index (χ1n) is 15.6. The third kappa shape index (κ3) is 6.46. The summed E-state index contributed by atoms with van der Waals surface area (Å²) >= 11 is 0. The number of nitrogens with zero attached hydrogens (tertiary/aromatic N) is 3. The molecule has 10 heteroatoms. The van der Waals surface area contributed by atoms with E-state index >= 15 is 4.39 Å². The van der Waals surface area contributed by atoms with Crippen molar-refractivity contribution in [2.45, 2.75) is 65.7 Å². The third-order valence-corrected chi connectivity index (χ3v) is 8.20. The maximum Gasteiger partial charge on any atom is 0.337 e. The minimum absolute atomic E-state index is 0.0811. The molecule has 1 amide bonds. The minimum Gasteiger partial charge on any atom is -0.490 e. The van der Waals surface area contributed by atoms with Gasteiger partial charge in [0.25, 0.3) is 5.91 Å². The summed E-state index contributed by atoms with van der Waals surface area (Å²) in [6.07, 6.45) is -0.123. The first kappa shape index (κ1) is 31.9. The Morgan fingerprint density at radius 1 is 1.06 bits per heavy atom. The van der Waals surface area contributed by atoms with Crippen molar-refractivity contribution in [1.82, 2.24) is 19.9 Å². The number of ether oxygens (including phenoxy) is 2. The summed E-state index contributed by atoms with van der Waals surface area (Å²) in [5.74, 6) is -2.01. The molecule has 6 rings (SSSR count). The third-order valence-electron chi connectivity index (χ3n) is 8.20. The molecule has 1 aliphatic heterocycles. The van der Waals surface area contributed by atoms with E-state index in [1.807, 2.05) is 61.5 Å². The fourth-order valence-corrected chi connectivity index (χ4v) is 6.07. The number of carbonyl (C=O) groups excluding carboxylic acids is 1. The molecular formula is C37H37FN4O5. The second-order valence-corrected chi connectivity index (χ2v) is 12.7. The number of halogens is 1. The minimum atomic E-state index is -1.45. The highest BCUT2D eigenvalue weighted by molar-refractivity contribution is 5.93. The smallest absolute Gasteiger partial charge is 0.337 e. The van der Waals surface area contributed by atoms with E-state index in [4.69, 9.17) is 9.47 Å². The number of carboxylic acid groups (broad SMARTS) is 1. The van der Waals surface area contributed by atoms with E-state index in [2.05, 4.69) is 15.4 Å². The molecule has 0 aliphatic carbocycles. The van der Waals surface area contributed by atoms with Crippen LogP contribution < -0.4 is 10.1 Å². The number of rotatable bonds is 8. The van der Waals surface area contributed by atoms with Crippen LogP contribution >= 0.6 is 0 Å². The van der Waals surface area contributed by atoms with Gasteiger partial charge in [-0.2, -0.15) is 5.10 Å². The summed E-state index contributed by atoms with van der Waals surface area (Å²) < 4.78 is 28.8. The zero-order chi connectivity index (χ0) is 33.5. The SMILES string of the molecule is Cc1nc2cc(C(=O)NCc3cccc(-c4ccccc4)c3)nn2c(-c2cc(F)c3c(c2C)CCCO3)c1[C@H](OC(C)(C)C)C(=O)O. The van der Waals surface area contributed by atoms with Crippen molar-refractivity contribution in [2.24, 2.45) is 0 Å². The summed E-state index contributed by atoms with van der Waals surface area (Å²) in [4.78, 5) is 30.9. The molecule has 0 saturated carbocycles. The lowest BCUT2D eigenvalue weighted by molar-refractivity contribution is -0.160. The van der Waals surface area contributed by atoms with Crippen LogP contribution in [-0.4, -0.2) is 43.8 Å². The number of nitrogens with one attached hydrogen (secondary N) is 1. The van der Waals surface area contributed by atoms with Crippen LogP contribution in [0.1, 0.15) is 71.7 Å². The molecule has 242 valence electrons. The van der Waals surface area contributed by atoms with Gasteiger partial charge in [-0.1, -0.05) is 48.5 Å². The van der Waals surface area contributed by atoms with Gasteiger partial charge >= 0.3 is 5.97 Å². The van der Waals surface area contributed by atoms with E-state index in [0.717, 1.165) is 28.7 Å². The van der Waals surface area contributed by atoms with Gasteiger partial charge in [0.1, 0.15) is 0 Å². The number of fused-ring (bicyclic) bond motifs is 2. The first-order valence-corrected chi connectivity index (χ1v) is 15.6. The molecule has 1 atom stereocenters. The van der Waals surface area contributed by atoms with Gasteiger partial charge in [0.05, 0.1) is 17.9 Å². The average molecular weight is 637 g/mol. The molecule has 0 radical (unpaired) electrons. The molecule has 2 aromatic heterocycles. The van der Waals surface area contributed by atoms with Crippen LogP contribution in [0.25, 0.3) is 28.0 Å². The monoisotopic (exact) mass is 636 g/mol. The Labute approximate surface area is 272 Å². The Hall–Kier alpha value is -5.09. The Morgan fingerprint density at radius 2 is 1.81 bits per heavy atom. The Kier molecular flexibility index (Phi) is 8.55. The zero-order valence-electron chi connectivity index (χ0n) is 27.1. The second kappa shape index (κ2) is 12.6. The number of aryl methyl sites for hydroxylation is 1. The molecule has 0 bridgehead atoms.